The van der Waals surface area contributed by atoms with Crippen LogP contribution in [0, 0.1) is 6.92 Å². The van der Waals surface area contributed by atoms with Crippen molar-refractivity contribution in [3.8, 4) is 0 Å². The molecule has 2 aromatic rings. The number of carbonyl (C=O) groups excluding carboxylic acids is 1. The Morgan fingerprint density at radius 2 is 2.19 bits per heavy atom. The summed E-state index contributed by atoms with van der Waals surface area (Å²) in [5.41, 5.74) is 1.77. The number of anilines is 1. The molecule has 1 aliphatic heterocycles. The van der Waals surface area contributed by atoms with Gasteiger partial charge in [-0.1, -0.05) is 5.16 Å². The maximum Gasteiger partial charge on any atom is 0.335 e. The second-order valence-electron chi connectivity index (χ2n) is 4.85. The molecule has 7 heteroatoms. The van der Waals surface area contributed by atoms with E-state index in [2.05, 4.69) is 10.1 Å². The molecule has 0 aliphatic carbocycles. The highest BCUT2D eigenvalue weighted by Crippen LogP contribution is 2.29. The number of aryl methyl sites for hydroxylation is 2. The van der Waals surface area contributed by atoms with Gasteiger partial charge in [-0.2, -0.15) is 4.98 Å². The van der Waals surface area contributed by atoms with E-state index in [-0.39, 0.29) is 17.3 Å². The predicted molar refractivity (Wildman–Crippen MR) is 72.4 cm³/mol. The van der Waals surface area contributed by atoms with Gasteiger partial charge in [-0.15, -0.1) is 0 Å². The van der Waals surface area contributed by atoms with E-state index in [4.69, 9.17) is 9.63 Å². The summed E-state index contributed by atoms with van der Waals surface area (Å²) >= 11 is 0. The van der Waals surface area contributed by atoms with Gasteiger partial charge >= 0.3 is 5.97 Å². The minimum atomic E-state index is -0.977. The summed E-state index contributed by atoms with van der Waals surface area (Å²) in [5.74, 6) is -0.967. The number of carboxylic acids is 1. The van der Waals surface area contributed by atoms with Crippen LogP contribution in [-0.4, -0.2) is 33.7 Å². The van der Waals surface area contributed by atoms with Crippen LogP contribution in [0.3, 0.4) is 0 Å². The van der Waals surface area contributed by atoms with E-state index in [0.29, 0.717) is 18.1 Å². The number of fused-ring (bicyclic) bond motifs is 1. The molecule has 1 N–H and O–H groups in total. The number of amides is 1. The van der Waals surface area contributed by atoms with Crippen molar-refractivity contribution in [2.24, 2.45) is 0 Å². The number of aromatic nitrogens is 2. The van der Waals surface area contributed by atoms with Gasteiger partial charge in [-0.3, -0.25) is 4.79 Å². The standard InChI is InChI=1S/C14H13N3O4/c1-8-15-12(16-21-8)13(18)17-6-2-3-9-7-10(14(19)20)4-5-11(9)17/h4-5,7H,2-3,6H2,1H3,(H,19,20). The Morgan fingerprint density at radius 1 is 1.38 bits per heavy atom. The van der Waals surface area contributed by atoms with Crippen molar-refractivity contribution < 1.29 is 19.2 Å². The third-order valence-corrected chi connectivity index (χ3v) is 3.41. The minimum absolute atomic E-state index is 0.0164. The van der Waals surface area contributed by atoms with Gasteiger partial charge in [0.1, 0.15) is 0 Å². The molecule has 0 radical (unpaired) electrons. The van der Waals surface area contributed by atoms with E-state index in [1.807, 2.05) is 0 Å². The van der Waals surface area contributed by atoms with E-state index in [1.54, 1.807) is 24.0 Å². The molecule has 2 heterocycles. The Morgan fingerprint density at radius 3 is 2.86 bits per heavy atom. The Kier molecular flexibility index (Phi) is 3.17. The van der Waals surface area contributed by atoms with Gasteiger partial charge in [-0.05, 0) is 36.6 Å². The first-order valence-corrected chi connectivity index (χ1v) is 6.54. The lowest BCUT2D eigenvalue weighted by Crippen LogP contribution is -2.36. The molecule has 0 atom stereocenters. The van der Waals surface area contributed by atoms with Gasteiger partial charge in [0.05, 0.1) is 5.56 Å². The summed E-state index contributed by atoms with van der Waals surface area (Å²) in [6.07, 6.45) is 1.50. The lowest BCUT2D eigenvalue weighted by molar-refractivity contribution is 0.0696. The Labute approximate surface area is 120 Å². The maximum atomic E-state index is 12.4. The Bertz CT molecular complexity index is 723. The summed E-state index contributed by atoms with van der Waals surface area (Å²) < 4.78 is 4.83. The molecule has 0 fully saturated rings. The molecule has 1 aliphatic rings. The molecule has 3 rings (SSSR count). The number of nitrogens with zero attached hydrogens (tertiary/aromatic N) is 3. The summed E-state index contributed by atoms with van der Waals surface area (Å²) in [6.45, 7) is 2.17. The fourth-order valence-electron chi connectivity index (χ4n) is 2.45. The van der Waals surface area contributed by atoms with Crippen molar-refractivity contribution in [3.05, 3.63) is 41.0 Å². The SMILES string of the molecule is Cc1nc(C(=O)N2CCCc3cc(C(=O)O)ccc32)no1. The zero-order chi connectivity index (χ0) is 15.0. The third-order valence-electron chi connectivity index (χ3n) is 3.41. The molecule has 1 aromatic heterocycles. The average Bonchev–Trinajstić information content (AvgIpc) is 2.91. The molecule has 108 valence electrons. The van der Waals surface area contributed by atoms with Crippen molar-refractivity contribution >= 4 is 17.6 Å². The van der Waals surface area contributed by atoms with Crippen LogP contribution in [0.2, 0.25) is 0 Å². The highest BCUT2D eigenvalue weighted by atomic mass is 16.5. The van der Waals surface area contributed by atoms with Crippen molar-refractivity contribution in [3.63, 3.8) is 0 Å². The lowest BCUT2D eigenvalue weighted by Gasteiger charge is -2.28. The molecule has 1 aromatic carbocycles. The predicted octanol–water partition coefficient (Wildman–Crippen LogP) is 1.67. The van der Waals surface area contributed by atoms with Crippen molar-refractivity contribution in [1.82, 2.24) is 10.1 Å². The van der Waals surface area contributed by atoms with Crippen LogP contribution in [0.25, 0.3) is 0 Å². The fourth-order valence-corrected chi connectivity index (χ4v) is 2.45. The summed E-state index contributed by atoms with van der Waals surface area (Å²) in [7, 11) is 0. The normalized spacial score (nSPS) is 13.9. The second-order valence-corrected chi connectivity index (χ2v) is 4.85. The van der Waals surface area contributed by atoms with Crippen molar-refractivity contribution in [2.75, 3.05) is 11.4 Å². The van der Waals surface area contributed by atoms with Crippen LogP contribution in [0.4, 0.5) is 5.69 Å². The van der Waals surface area contributed by atoms with Crippen LogP contribution in [0.5, 0.6) is 0 Å². The van der Waals surface area contributed by atoms with Crippen LogP contribution >= 0.6 is 0 Å². The van der Waals surface area contributed by atoms with Gasteiger partial charge in [-0.25, -0.2) is 4.79 Å². The Balaban J connectivity index is 1.97. The van der Waals surface area contributed by atoms with E-state index >= 15 is 0 Å². The molecule has 1 amide bonds. The highest BCUT2D eigenvalue weighted by molar-refractivity contribution is 6.04. The zero-order valence-corrected chi connectivity index (χ0v) is 11.4. The van der Waals surface area contributed by atoms with Crippen LogP contribution in [0.1, 0.15) is 38.9 Å². The quantitative estimate of drug-likeness (QED) is 0.902. The number of hydrogen-bond donors (Lipinski definition) is 1. The van der Waals surface area contributed by atoms with Gasteiger partial charge < -0.3 is 14.5 Å². The molecule has 0 unspecified atom stereocenters. The molecule has 0 bridgehead atoms. The lowest BCUT2D eigenvalue weighted by atomic mass is 9.99. The third kappa shape index (κ3) is 2.37. The van der Waals surface area contributed by atoms with Crippen LogP contribution < -0.4 is 4.90 Å². The molecule has 7 nitrogen and oxygen atoms in total. The number of rotatable bonds is 2. The zero-order valence-electron chi connectivity index (χ0n) is 11.4. The smallest absolute Gasteiger partial charge is 0.335 e. The Hall–Kier alpha value is -2.70. The second kappa shape index (κ2) is 5.01. The van der Waals surface area contributed by atoms with E-state index in [0.717, 1.165) is 18.4 Å². The monoisotopic (exact) mass is 287 g/mol. The van der Waals surface area contributed by atoms with Crippen LogP contribution in [0.15, 0.2) is 22.7 Å². The number of benzene rings is 1. The number of carboxylic acid groups (broad SMARTS) is 1. The minimum Gasteiger partial charge on any atom is -0.478 e. The molecule has 0 saturated carbocycles. The van der Waals surface area contributed by atoms with Crippen molar-refractivity contribution in [2.45, 2.75) is 19.8 Å². The first-order valence-electron chi connectivity index (χ1n) is 6.54. The summed E-state index contributed by atoms with van der Waals surface area (Å²) in [5, 5.41) is 12.7. The molecule has 0 saturated heterocycles. The van der Waals surface area contributed by atoms with Gasteiger partial charge in [0, 0.05) is 19.2 Å². The first kappa shape index (κ1) is 13.3. The highest BCUT2D eigenvalue weighted by Gasteiger charge is 2.27. The number of carbonyl (C=O) groups is 2. The van der Waals surface area contributed by atoms with Crippen molar-refractivity contribution in [1.29, 1.82) is 0 Å². The van der Waals surface area contributed by atoms with Gasteiger partial charge in [0.15, 0.2) is 0 Å². The van der Waals surface area contributed by atoms with Gasteiger partial charge in [0.25, 0.3) is 11.7 Å². The summed E-state index contributed by atoms with van der Waals surface area (Å²) in [6, 6.07) is 4.76. The summed E-state index contributed by atoms with van der Waals surface area (Å²) in [4.78, 5) is 28.9. The molecular formula is C14H13N3O4. The number of aromatic carboxylic acids is 1. The molecule has 0 spiro atoms. The first-order chi connectivity index (χ1) is 10.1. The number of hydrogen-bond acceptors (Lipinski definition) is 5. The average molecular weight is 287 g/mol. The van der Waals surface area contributed by atoms with E-state index < -0.39 is 5.97 Å². The van der Waals surface area contributed by atoms with E-state index in [1.165, 1.54) is 6.07 Å². The maximum absolute atomic E-state index is 12.4. The van der Waals surface area contributed by atoms with Crippen LogP contribution in [-0.2, 0) is 6.42 Å². The van der Waals surface area contributed by atoms with Gasteiger partial charge in [0.2, 0.25) is 5.89 Å². The molecule has 21 heavy (non-hydrogen) atoms. The van der Waals surface area contributed by atoms with E-state index in [9.17, 15) is 9.59 Å². The largest absolute Gasteiger partial charge is 0.478 e. The topological polar surface area (TPSA) is 96.5 Å². The molecular weight excluding hydrogens is 274 g/mol. The fraction of sp³-hybridized carbons (Fsp3) is 0.286.